The van der Waals surface area contributed by atoms with Gasteiger partial charge < -0.3 is 0 Å². The molecule has 0 aromatic heterocycles. The first kappa shape index (κ1) is 13.7. The van der Waals surface area contributed by atoms with E-state index in [1.165, 1.54) is 12.8 Å². The van der Waals surface area contributed by atoms with Gasteiger partial charge in [-0.1, -0.05) is 47.0 Å². The minimum absolute atomic E-state index is 0.461. The Morgan fingerprint density at radius 3 is 2.29 bits per heavy atom. The van der Waals surface area contributed by atoms with Crippen LogP contribution < -0.4 is 0 Å². The van der Waals surface area contributed by atoms with E-state index in [1.807, 2.05) is 0 Å². The topological polar surface area (TPSA) is 17.1 Å². The molecular weight excluding hydrogens is 172 g/mol. The van der Waals surface area contributed by atoms with Gasteiger partial charge in [0.1, 0.15) is 5.78 Å². The van der Waals surface area contributed by atoms with Crippen molar-refractivity contribution in [3.8, 4) is 0 Å². The predicted molar refractivity (Wildman–Crippen MR) is 62.4 cm³/mol. The smallest absolute Gasteiger partial charge is 0.133 e. The first-order valence-electron chi connectivity index (χ1n) is 6.08. The molecule has 0 aromatic rings. The number of unbranched alkanes of at least 4 members (excludes halogenated alkanes) is 1. The highest BCUT2D eigenvalue weighted by molar-refractivity contribution is 5.78. The van der Waals surface area contributed by atoms with Crippen LogP contribution in [0.1, 0.15) is 66.2 Å². The number of hydrogen-bond donors (Lipinski definition) is 0. The van der Waals surface area contributed by atoms with Gasteiger partial charge in [-0.25, -0.2) is 0 Å². The molecule has 0 fully saturated rings. The second-order valence-corrected chi connectivity index (χ2v) is 4.92. The number of ketones is 1. The van der Waals surface area contributed by atoms with E-state index in [1.54, 1.807) is 0 Å². The summed E-state index contributed by atoms with van der Waals surface area (Å²) in [6.07, 6.45) is 6.24. The monoisotopic (exact) mass is 198 g/mol. The maximum absolute atomic E-state index is 11.5. The van der Waals surface area contributed by atoms with Crippen molar-refractivity contribution in [2.75, 3.05) is 0 Å². The average molecular weight is 198 g/mol. The number of rotatable bonds is 8. The minimum atomic E-state index is 0.461. The number of hydrogen-bond acceptors (Lipinski definition) is 1. The number of carbonyl (C=O) groups excluding carboxylic acids is 1. The Kier molecular flexibility index (Phi) is 7.83. The molecule has 0 radical (unpaired) electrons. The summed E-state index contributed by atoms with van der Waals surface area (Å²) >= 11 is 0. The molecule has 14 heavy (non-hydrogen) atoms. The predicted octanol–water partition coefficient (Wildman–Crippen LogP) is 4.21. The van der Waals surface area contributed by atoms with Crippen LogP contribution >= 0.6 is 0 Å². The first-order valence-corrected chi connectivity index (χ1v) is 6.08. The number of Topliss-reactive ketones (excluding diaryl/α,β-unsaturated/α-hetero) is 1. The lowest BCUT2D eigenvalue weighted by Crippen LogP contribution is -2.06. The van der Waals surface area contributed by atoms with Crippen molar-refractivity contribution in [1.29, 1.82) is 0 Å². The maximum Gasteiger partial charge on any atom is 0.133 e. The van der Waals surface area contributed by atoms with Crippen LogP contribution in [-0.2, 0) is 4.79 Å². The van der Waals surface area contributed by atoms with E-state index in [0.717, 1.165) is 31.6 Å². The molecule has 0 aliphatic carbocycles. The van der Waals surface area contributed by atoms with Crippen molar-refractivity contribution < 1.29 is 4.79 Å². The Morgan fingerprint density at radius 1 is 1.14 bits per heavy atom. The van der Waals surface area contributed by atoms with Crippen molar-refractivity contribution in [2.45, 2.75) is 66.2 Å². The van der Waals surface area contributed by atoms with Gasteiger partial charge in [-0.05, 0) is 18.3 Å². The van der Waals surface area contributed by atoms with Gasteiger partial charge in [0.05, 0.1) is 0 Å². The fraction of sp³-hybridized carbons (Fsp3) is 0.923. The van der Waals surface area contributed by atoms with E-state index < -0.39 is 0 Å². The molecular formula is C13H26O. The van der Waals surface area contributed by atoms with Crippen molar-refractivity contribution in [3.05, 3.63) is 0 Å². The Bertz CT molecular complexity index is 149. The Balaban J connectivity index is 3.50. The molecule has 0 spiro atoms. The molecule has 0 aliphatic rings. The lowest BCUT2D eigenvalue weighted by atomic mass is 9.94. The van der Waals surface area contributed by atoms with E-state index in [-0.39, 0.29) is 0 Å². The highest BCUT2D eigenvalue weighted by Gasteiger charge is 2.09. The van der Waals surface area contributed by atoms with E-state index >= 15 is 0 Å². The van der Waals surface area contributed by atoms with E-state index in [4.69, 9.17) is 0 Å². The van der Waals surface area contributed by atoms with Gasteiger partial charge in [-0.3, -0.25) is 4.79 Å². The molecule has 84 valence electrons. The molecule has 1 atom stereocenters. The van der Waals surface area contributed by atoms with E-state index in [0.29, 0.717) is 11.7 Å². The first-order chi connectivity index (χ1) is 6.56. The van der Waals surface area contributed by atoms with Crippen LogP contribution in [0.15, 0.2) is 0 Å². The van der Waals surface area contributed by atoms with Gasteiger partial charge in [0.25, 0.3) is 0 Å². The Hall–Kier alpha value is -0.330. The van der Waals surface area contributed by atoms with Crippen LogP contribution in [0.2, 0.25) is 0 Å². The minimum Gasteiger partial charge on any atom is -0.300 e. The van der Waals surface area contributed by atoms with E-state index in [9.17, 15) is 4.79 Å². The molecule has 1 nitrogen and oxygen atoms in total. The molecule has 0 bridgehead atoms. The summed E-state index contributed by atoms with van der Waals surface area (Å²) < 4.78 is 0. The van der Waals surface area contributed by atoms with Gasteiger partial charge in [-0.15, -0.1) is 0 Å². The molecule has 0 N–H and O–H groups in total. The summed E-state index contributed by atoms with van der Waals surface area (Å²) in [5, 5.41) is 0. The number of carbonyl (C=O) groups is 1. The Morgan fingerprint density at radius 2 is 1.79 bits per heavy atom. The summed E-state index contributed by atoms with van der Waals surface area (Å²) in [6.45, 7) is 8.82. The van der Waals surface area contributed by atoms with Gasteiger partial charge in [0.2, 0.25) is 0 Å². The highest BCUT2D eigenvalue weighted by Crippen LogP contribution is 2.16. The van der Waals surface area contributed by atoms with Gasteiger partial charge in [-0.2, -0.15) is 0 Å². The molecule has 0 amide bonds. The van der Waals surface area contributed by atoms with Crippen LogP contribution in [0.3, 0.4) is 0 Å². The molecule has 0 saturated carbocycles. The van der Waals surface area contributed by atoms with Gasteiger partial charge >= 0.3 is 0 Å². The molecule has 0 aliphatic heterocycles. The quantitative estimate of drug-likeness (QED) is 0.571. The third-order valence-electron chi connectivity index (χ3n) is 2.62. The van der Waals surface area contributed by atoms with Crippen LogP contribution in [0.4, 0.5) is 0 Å². The zero-order valence-corrected chi connectivity index (χ0v) is 10.3. The van der Waals surface area contributed by atoms with Crippen molar-refractivity contribution >= 4 is 5.78 Å². The fourth-order valence-corrected chi connectivity index (χ4v) is 1.58. The van der Waals surface area contributed by atoms with E-state index in [2.05, 4.69) is 27.7 Å². The summed E-state index contributed by atoms with van der Waals surface area (Å²) in [5.41, 5.74) is 0. The largest absolute Gasteiger partial charge is 0.300 e. The van der Waals surface area contributed by atoms with Crippen LogP contribution in [0, 0.1) is 11.8 Å². The molecule has 1 heteroatoms. The SMILES string of the molecule is CCCCC(=O)CC(C)CCC(C)C. The molecule has 0 saturated heterocycles. The zero-order valence-electron chi connectivity index (χ0n) is 10.3. The second kappa shape index (κ2) is 8.02. The molecule has 1 unspecified atom stereocenters. The standard InChI is InChI=1S/C13H26O/c1-5-6-7-13(14)10-12(4)9-8-11(2)3/h11-12H,5-10H2,1-4H3. The summed E-state index contributed by atoms with van der Waals surface area (Å²) in [7, 11) is 0. The normalized spacial score (nSPS) is 13.2. The zero-order chi connectivity index (χ0) is 11.0. The van der Waals surface area contributed by atoms with Crippen LogP contribution in [-0.4, -0.2) is 5.78 Å². The van der Waals surface area contributed by atoms with Gasteiger partial charge in [0, 0.05) is 12.8 Å². The van der Waals surface area contributed by atoms with Crippen molar-refractivity contribution in [3.63, 3.8) is 0 Å². The van der Waals surface area contributed by atoms with Crippen LogP contribution in [0.5, 0.6) is 0 Å². The Labute approximate surface area is 89.3 Å². The molecule has 0 aromatic carbocycles. The van der Waals surface area contributed by atoms with Crippen molar-refractivity contribution in [1.82, 2.24) is 0 Å². The molecule has 0 rings (SSSR count). The lowest BCUT2D eigenvalue weighted by molar-refractivity contribution is -0.120. The van der Waals surface area contributed by atoms with Crippen molar-refractivity contribution in [2.24, 2.45) is 11.8 Å². The summed E-state index contributed by atoms with van der Waals surface area (Å²) in [5.74, 6) is 1.81. The summed E-state index contributed by atoms with van der Waals surface area (Å²) in [6, 6.07) is 0. The maximum atomic E-state index is 11.5. The fourth-order valence-electron chi connectivity index (χ4n) is 1.58. The highest BCUT2D eigenvalue weighted by atomic mass is 16.1. The lowest BCUT2D eigenvalue weighted by Gasteiger charge is -2.11. The third kappa shape index (κ3) is 8.28. The second-order valence-electron chi connectivity index (χ2n) is 4.92. The molecule has 0 heterocycles. The average Bonchev–Trinajstić information content (AvgIpc) is 2.11. The van der Waals surface area contributed by atoms with Crippen LogP contribution in [0.25, 0.3) is 0 Å². The summed E-state index contributed by atoms with van der Waals surface area (Å²) in [4.78, 5) is 11.5. The third-order valence-corrected chi connectivity index (χ3v) is 2.62. The van der Waals surface area contributed by atoms with Gasteiger partial charge in [0.15, 0.2) is 0 Å².